The van der Waals surface area contributed by atoms with Crippen molar-refractivity contribution in [3.8, 4) is 12.3 Å². The number of hydrogen-bond donors (Lipinski definition) is 1. The van der Waals surface area contributed by atoms with E-state index in [1.807, 2.05) is 18.7 Å². The number of β-amino-alcohol motifs (C(OH)–C–C–N with tert-alkyl or cyclic N) is 1. The number of aliphatic hydroxyl groups excluding tert-OH is 1. The maximum Gasteiger partial charge on any atom is 0.416 e. The molecule has 27 heavy (non-hydrogen) atoms. The summed E-state index contributed by atoms with van der Waals surface area (Å²) >= 11 is 0. The number of benzene rings is 1. The monoisotopic (exact) mass is 384 g/mol. The van der Waals surface area contributed by atoms with Crippen molar-refractivity contribution >= 4 is 5.69 Å². The number of piperazine rings is 1. The SMILES string of the molecule is C#C[C@@](C)(CC)OC[C@H](O)CN1CCN(c2cccc(C(F)(F)F)c2)CC1. The van der Waals surface area contributed by atoms with Crippen molar-refractivity contribution in [3.63, 3.8) is 0 Å². The molecule has 0 saturated carbocycles. The summed E-state index contributed by atoms with van der Waals surface area (Å²) in [4.78, 5) is 4.01. The summed E-state index contributed by atoms with van der Waals surface area (Å²) < 4.78 is 44.2. The quantitative estimate of drug-likeness (QED) is 0.734. The molecule has 1 aromatic carbocycles. The Labute approximate surface area is 158 Å². The second kappa shape index (κ2) is 8.96. The van der Waals surface area contributed by atoms with Crippen LogP contribution in [-0.4, -0.2) is 61.0 Å². The summed E-state index contributed by atoms with van der Waals surface area (Å²) in [5.74, 6) is 2.59. The molecule has 1 aliphatic heterocycles. The van der Waals surface area contributed by atoms with Gasteiger partial charge in [-0.15, -0.1) is 6.42 Å². The van der Waals surface area contributed by atoms with Gasteiger partial charge in [0.25, 0.3) is 0 Å². The molecule has 1 N–H and O–H groups in total. The summed E-state index contributed by atoms with van der Waals surface area (Å²) in [5, 5.41) is 10.2. The minimum Gasteiger partial charge on any atom is -0.389 e. The van der Waals surface area contributed by atoms with Crippen molar-refractivity contribution in [1.82, 2.24) is 4.90 Å². The topological polar surface area (TPSA) is 35.9 Å². The van der Waals surface area contributed by atoms with Gasteiger partial charge in [-0.1, -0.05) is 18.9 Å². The van der Waals surface area contributed by atoms with Crippen LogP contribution in [-0.2, 0) is 10.9 Å². The highest BCUT2D eigenvalue weighted by molar-refractivity contribution is 5.49. The molecule has 0 aromatic heterocycles. The van der Waals surface area contributed by atoms with Gasteiger partial charge in [-0.3, -0.25) is 4.90 Å². The van der Waals surface area contributed by atoms with Crippen LogP contribution in [0.15, 0.2) is 24.3 Å². The van der Waals surface area contributed by atoms with E-state index >= 15 is 0 Å². The maximum atomic E-state index is 12.9. The Hall–Kier alpha value is -1.75. The van der Waals surface area contributed by atoms with Crippen LogP contribution in [0.2, 0.25) is 0 Å². The first kappa shape index (κ1) is 21.5. The summed E-state index contributed by atoms with van der Waals surface area (Å²) in [6.07, 6.45) is 1.11. The molecule has 7 heteroatoms. The van der Waals surface area contributed by atoms with E-state index in [1.54, 1.807) is 6.07 Å². The second-order valence-corrected chi connectivity index (χ2v) is 7.03. The molecule has 0 aliphatic carbocycles. The third-order valence-corrected chi connectivity index (χ3v) is 4.95. The van der Waals surface area contributed by atoms with Crippen molar-refractivity contribution < 1.29 is 23.0 Å². The van der Waals surface area contributed by atoms with E-state index < -0.39 is 23.4 Å². The highest BCUT2D eigenvalue weighted by Gasteiger charge is 2.31. The van der Waals surface area contributed by atoms with Crippen LogP contribution >= 0.6 is 0 Å². The molecule has 2 atom stereocenters. The molecular formula is C20H27F3N2O2. The summed E-state index contributed by atoms with van der Waals surface area (Å²) in [5.41, 5.74) is -0.744. The zero-order chi connectivity index (χ0) is 20.1. The van der Waals surface area contributed by atoms with Gasteiger partial charge < -0.3 is 14.7 Å². The van der Waals surface area contributed by atoms with Crippen LogP contribution < -0.4 is 4.90 Å². The first-order valence-electron chi connectivity index (χ1n) is 9.11. The number of ether oxygens (including phenoxy) is 1. The van der Waals surface area contributed by atoms with Crippen LogP contribution in [0.5, 0.6) is 0 Å². The minimum absolute atomic E-state index is 0.155. The fraction of sp³-hybridized carbons (Fsp3) is 0.600. The van der Waals surface area contributed by atoms with Crippen molar-refractivity contribution in [2.75, 3.05) is 44.2 Å². The van der Waals surface area contributed by atoms with E-state index in [0.717, 1.165) is 6.07 Å². The van der Waals surface area contributed by atoms with Gasteiger partial charge in [0.1, 0.15) is 5.60 Å². The first-order chi connectivity index (χ1) is 12.7. The van der Waals surface area contributed by atoms with Gasteiger partial charge in [-0.25, -0.2) is 0 Å². The number of alkyl halides is 3. The fourth-order valence-corrected chi connectivity index (χ4v) is 2.94. The number of nitrogens with zero attached hydrogens (tertiary/aromatic N) is 2. The zero-order valence-electron chi connectivity index (χ0n) is 15.8. The zero-order valence-corrected chi connectivity index (χ0v) is 15.8. The molecule has 2 rings (SSSR count). The van der Waals surface area contributed by atoms with Gasteiger partial charge in [-0.05, 0) is 31.5 Å². The number of hydrogen-bond acceptors (Lipinski definition) is 4. The van der Waals surface area contributed by atoms with Crippen LogP contribution in [0.3, 0.4) is 0 Å². The molecule has 1 aliphatic rings. The Bertz CT molecular complexity index is 651. The predicted molar refractivity (Wildman–Crippen MR) is 99.6 cm³/mol. The van der Waals surface area contributed by atoms with Gasteiger partial charge in [0, 0.05) is 38.4 Å². The normalized spacial score (nSPS) is 19.4. The van der Waals surface area contributed by atoms with Crippen molar-refractivity contribution in [3.05, 3.63) is 29.8 Å². The minimum atomic E-state index is -4.34. The van der Waals surface area contributed by atoms with Gasteiger partial charge >= 0.3 is 6.18 Å². The number of aliphatic hydroxyl groups is 1. The average molecular weight is 384 g/mol. The highest BCUT2D eigenvalue weighted by atomic mass is 19.4. The standard InChI is InChI=1S/C20H27F3N2O2/c1-4-19(3,5-2)27-15-18(26)14-24-9-11-25(12-10-24)17-8-6-7-16(13-17)20(21,22)23/h1,6-8,13,18,26H,5,9-12,14-15H2,2-3H3/t18-,19+/m1/s1. The molecule has 1 aromatic rings. The second-order valence-electron chi connectivity index (χ2n) is 7.03. The van der Waals surface area contributed by atoms with Crippen molar-refractivity contribution in [2.24, 2.45) is 0 Å². The smallest absolute Gasteiger partial charge is 0.389 e. The molecule has 0 radical (unpaired) electrons. The number of terminal acetylenes is 1. The highest BCUT2D eigenvalue weighted by Crippen LogP contribution is 2.31. The third kappa shape index (κ3) is 6.13. The van der Waals surface area contributed by atoms with E-state index in [2.05, 4.69) is 10.8 Å². The Morgan fingerprint density at radius 3 is 2.48 bits per heavy atom. The van der Waals surface area contributed by atoms with Crippen LogP contribution in [0.4, 0.5) is 18.9 Å². The average Bonchev–Trinajstić information content (AvgIpc) is 2.66. The third-order valence-electron chi connectivity index (χ3n) is 4.95. The van der Waals surface area contributed by atoms with Gasteiger partial charge in [0.15, 0.2) is 0 Å². The molecule has 1 heterocycles. The molecule has 150 valence electrons. The summed E-state index contributed by atoms with van der Waals surface area (Å²) in [6, 6.07) is 5.39. The molecule has 4 nitrogen and oxygen atoms in total. The van der Waals surface area contributed by atoms with Crippen molar-refractivity contribution in [2.45, 2.75) is 38.1 Å². The lowest BCUT2D eigenvalue weighted by atomic mass is 10.1. The number of rotatable bonds is 7. The molecule has 1 fully saturated rings. The van der Waals surface area contributed by atoms with Crippen LogP contribution in [0.25, 0.3) is 0 Å². The Morgan fingerprint density at radius 1 is 1.26 bits per heavy atom. The lowest BCUT2D eigenvalue weighted by Crippen LogP contribution is -2.49. The van der Waals surface area contributed by atoms with Gasteiger partial charge in [-0.2, -0.15) is 13.2 Å². The number of anilines is 1. The first-order valence-corrected chi connectivity index (χ1v) is 9.11. The molecule has 0 amide bonds. The summed E-state index contributed by atoms with van der Waals surface area (Å²) in [6.45, 7) is 6.87. The van der Waals surface area contributed by atoms with Crippen LogP contribution in [0.1, 0.15) is 25.8 Å². The van der Waals surface area contributed by atoms with E-state index in [0.29, 0.717) is 44.8 Å². The van der Waals surface area contributed by atoms with E-state index in [9.17, 15) is 18.3 Å². The van der Waals surface area contributed by atoms with Gasteiger partial charge in [0.2, 0.25) is 0 Å². The van der Waals surface area contributed by atoms with E-state index in [4.69, 9.17) is 11.2 Å². The maximum absolute atomic E-state index is 12.9. The van der Waals surface area contributed by atoms with E-state index in [1.165, 1.54) is 12.1 Å². The van der Waals surface area contributed by atoms with Crippen LogP contribution in [0, 0.1) is 12.3 Å². The molecule has 0 bridgehead atoms. The number of halogens is 3. The Balaban J connectivity index is 1.83. The molecule has 0 unspecified atom stereocenters. The molecule has 1 saturated heterocycles. The fourth-order valence-electron chi connectivity index (χ4n) is 2.94. The van der Waals surface area contributed by atoms with Gasteiger partial charge in [0.05, 0.1) is 18.3 Å². The largest absolute Gasteiger partial charge is 0.416 e. The lowest BCUT2D eigenvalue weighted by Gasteiger charge is -2.37. The Kier molecular flexibility index (Phi) is 7.15. The van der Waals surface area contributed by atoms with Crippen molar-refractivity contribution in [1.29, 1.82) is 0 Å². The lowest BCUT2D eigenvalue weighted by molar-refractivity contribution is -0.137. The predicted octanol–water partition coefficient (Wildman–Crippen LogP) is 3.01. The Morgan fingerprint density at radius 2 is 1.93 bits per heavy atom. The summed E-state index contributed by atoms with van der Waals surface area (Å²) in [7, 11) is 0. The van der Waals surface area contributed by atoms with E-state index in [-0.39, 0.29) is 6.61 Å². The molecule has 0 spiro atoms. The molecular weight excluding hydrogens is 357 g/mol.